The van der Waals surface area contributed by atoms with Crippen molar-refractivity contribution >= 4 is 59.0 Å². The molecule has 296 valence electrons. The number of alkyl carbamates (subject to hydrolysis) is 1. The van der Waals surface area contributed by atoms with Gasteiger partial charge >= 0.3 is 6.09 Å². The van der Waals surface area contributed by atoms with E-state index >= 15 is 0 Å². The first-order valence-electron chi connectivity index (χ1n) is 18.2. The molecule has 0 radical (unpaired) electrons. The van der Waals surface area contributed by atoms with E-state index in [9.17, 15) is 28.8 Å². The van der Waals surface area contributed by atoms with Crippen molar-refractivity contribution in [2.45, 2.75) is 108 Å². The summed E-state index contributed by atoms with van der Waals surface area (Å²) in [4.78, 5) is 87.0. The van der Waals surface area contributed by atoms with Crippen molar-refractivity contribution in [1.29, 1.82) is 0 Å². The molecule has 2 unspecified atom stereocenters. The molecule has 5 amide bonds. The van der Waals surface area contributed by atoms with E-state index in [2.05, 4.69) is 31.3 Å². The molecule has 3 heterocycles. The Hall–Kier alpha value is -4.12. The molecule has 0 bridgehead atoms. The van der Waals surface area contributed by atoms with Crippen molar-refractivity contribution in [3.8, 4) is 0 Å². The van der Waals surface area contributed by atoms with E-state index in [1.807, 2.05) is 58.0 Å². The Morgan fingerprint density at radius 3 is 2.22 bits per heavy atom. The van der Waals surface area contributed by atoms with Gasteiger partial charge in [0.2, 0.25) is 23.5 Å². The zero-order valence-corrected chi connectivity index (χ0v) is 34.0. The van der Waals surface area contributed by atoms with Crippen LogP contribution < -0.4 is 21.3 Å². The quantitative estimate of drug-likeness (QED) is 0.218. The number of Topliss-reactive ketones (excluding diaryl/α,β-unsaturated/α-hetero) is 1. The molecular formula is C37H54N8O7S2. The van der Waals surface area contributed by atoms with Gasteiger partial charge in [-0.25, -0.2) is 9.78 Å². The standard InChI is InChI=1S/C37H54N8O7S2/c1-9-14-24(28(47)32(49)38-20-26(46)42-27(23-15-11-10-12-16-23)30-39-22-40-44(30)8)41-31(48)25-19-37(53-17-13-18-54-37)21-45(25)33(50)29(35(2,3)4)43-34(51)52-36(5,6)7/h10-12,15-16,22,24-25,27,29H,9,13-14,17-21H2,1-8H3,(H,38,49)(H,41,48)(H,42,46)(H,43,51)/t24?,25-,27?,29+/m0/s1. The van der Waals surface area contributed by atoms with Crippen LogP contribution in [-0.2, 0) is 35.8 Å². The maximum Gasteiger partial charge on any atom is 0.408 e. The van der Waals surface area contributed by atoms with E-state index < -0.39 is 81.3 Å². The van der Waals surface area contributed by atoms with E-state index in [1.54, 1.807) is 51.3 Å². The van der Waals surface area contributed by atoms with Gasteiger partial charge in [-0.1, -0.05) is 64.4 Å². The lowest BCUT2D eigenvalue weighted by Gasteiger charge is -2.36. The number of carbonyl (C=O) groups is 6. The molecule has 1 aromatic carbocycles. The van der Waals surface area contributed by atoms with Crippen LogP contribution in [0.1, 0.15) is 91.6 Å². The minimum atomic E-state index is -1.19. The number of carbonyl (C=O) groups excluding carboxylic acids is 6. The second-order valence-electron chi connectivity index (χ2n) is 15.6. The smallest absolute Gasteiger partial charge is 0.408 e. The van der Waals surface area contributed by atoms with E-state index in [-0.39, 0.29) is 13.0 Å². The Labute approximate surface area is 325 Å². The van der Waals surface area contributed by atoms with Crippen LogP contribution in [0.15, 0.2) is 36.7 Å². The molecule has 0 aliphatic carbocycles. The summed E-state index contributed by atoms with van der Waals surface area (Å²) in [6, 6.07) is 5.31. The number of ketones is 1. The number of hydrogen-bond acceptors (Lipinski definition) is 11. The highest BCUT2D eigenvalue weighted by Gasteiger charge is 2.53. The predicted octanol–water partition coefficient (Wildman–Crippen LogP) is 3.10. The molecule has 54 heavy (non-hydrogen) atoms. The largest absolute Gasteiger partial charge is 0.444 e. The summed E-state index contributed by atoms with van der Waals surface area (Å²) < 4.78 is 6.56. The normalized spacial score (nSPS) is 18.6. The number of nitrogens with zero attached hydrogens (tertiary/aromatic N) is 4. The Balaban J connectivity index is 1.47. The second kappa shape index (κ2) is 18.0. The minimum absolute atomic E-state index is 0.159. The molecule has 1 spiro atoms. The maximum absolute atomic E-state index is 14.4. The fourth-order valence-electron chi connectivity index (χ4n) is 6.32. The first-order chi connectivity index (χ1) is 25.3. The van der Waals surface area contributed by atoms with Gasteiger partial charge in [0, 0.05) is 20.0 Å². The number of thioether (sulfide) groups is 2. The van der Waals surface area contributed by atoms with Gasteiger partial charge in [0.15, 0.2) is 5.82 Å². The number of likely N-dealkylation sites (tertiary alicyclic amines) is 1. The van der Waals surface area contributed by atoms with Gasteiger partial charge < -0.3 is 30.9 Å². The summed E-state index contributed by atoms with van der Waals surface area (Å²) in [7, 11) is 1.70. The number of hydrogen-bond donors (Lipinski definition) is 4. The molecular weight excluding hydrogens is 733 g/mol. The first kappa shape index (κ1) is 42.6. The summed E-state index contributed by atoms with van der Waals surface area (Å²) in [6.45, 7) is 12.2. The number of benzene rings is 1. The third-order valence-electron chi connectivity index (χ3n) is 8.96. The van der Waals surface area contributed by atoms with Crippen LogP contribution in [0.2, 0.25) is 0 Å². The van der Waals surface area contributed by atoms with Crippen LogP contribution in [-0.4, -0.2) is 108 Å². The van der Waals surface area contributed by atoms with Crippen LogP contribution in [0, 0.1) is 5.41 Å². The lowest BCUT2D eigenvalue weighted by atomic mass is 9.85. The van der Waals surface area contributed by atoms with Crippen LogP contribution in [0.5, 0.6) is 0 Å². The number of ether oxygens (including phenoxy) is 1. The molecule has 1 aromatic heterocycles. The average molecular weight is 787 g/mol. The van der Waals surface area contributed by atoms with E-state index in [0.717, 1.165) is 23.5 Å². The molecule has 17 heteroatoms. The first-order valence-corrected chi connectivity index (χ1v) is 20.2. The van der Waals surface area contributed by atoms with Gasteiger partial charge in [0.25, 0.3) is 5.91 Å². The minimum Gasteiger partial charge on any atom is -0.444 e. The van der Waals surface area contributed by atoms with E-state index in [1.165, 1.54) is 15.9 Å². The zero-order valence-electron chi connectivity index (χ0n) is 32.4. The number of amides is 5. The maximum atomic E-state index is 14.4. The fourth-order valence-corrected chi connectivity index (χ4v) is 9.67. The van der Waals surface area contributed by atoms with Crippen molar-refractivity contribution in [2.75, 3.05) is 24.6 Å². The zero-order chi connectivity index (χ0) is 39.8. The SMILES string of the molecule is CCCC(NC(=O)[C@@H]1CC2(CN1C(=O)[C@@H](NC(=O)OC(C)(C)C)C(C)(C)C)SCCCS2)C(=O)C(=O)NCC(=O)NC(c1ccccc1)c1ncnn1C. The number of nitrogens with one attached hydrogen (secondary N) is 4. The molecule has 0 saturated carbocycles. The summed E-state index contributed by atoms with van der Waals surface area (Å²) >= 11 is 3.42. The summed E-state index contributed by atoms with van der Waals surface area (Å²) in [5.74, 6) is -1.28. The third-order valence-corrected chi connectivity index (χ3v) is 12.3. The lowest BCUT2D eigenvalue weighted by molar-refractivity contribution is -0.144. The predicted molar refractivity (Wildman–Crippen MR) is 207 cm³/mol. The van der Waals surface area contributed by atoms with Crippen molar-refractivity contribution in [3.63, 3.8) is 0 Å². The molecule has 4 N–H and O–H groups in total. The number of aryl methyl sites for hydroxylation is 1. The van der Waals surface area contributed by atoms with Gasteiger partial charge in [0.05, 0.1) is 16.7 Å². The van der Waals surface area contributed by atoms with Gasteiger partial charge in [-0.15, -0.1) is 23.5 Å². The molecule has 2 fully saturated rings. The molecule has 4 atom stereocenters. The highest BCUT2D eigenvalue weighted by molar-refractivity contribution is 8.18. The highest BCUT2D eigenvalue weighted by atomic mass is 32.2. The molecule has 2 aliphatic rings. The van der Waals surface area contributed by atoms with Crippen LogP contribution in [0.25, 0.3) is 0 Å². The van der Waals surface area contributed by atoms with Crippen LogP contribution >= 0.6 is 23.5 Å². The second-order valence-corrected chi connectivity index (χ2v) is 18.9. The van der Waals surface area contributed by atoms with Crippen molar-refractivity contribution < 1.29 is 33.5 Å². The molecule has 2 aliphatic heterocycles. The molecule has 2 aromatic rings. The van der Waals surface area contributed by atoms with Gasteiger partial charge in [-0.05, 0) is 56.1 Å². The average Bonchev–Trinajstić information content (AvgIpc) is 3.70. The van der Waals surface area contributed by atoms with Crippen molar-refractivity contribution in [1.82, 2.24) is 40.9 Å². The van der Waals surface area contributed by atoms with Gasteiger partial charge in [-0.3, -0.25) is 28.7 Å². The van der Waals surface area contributed by atoms with Crippen molar-refractivity contribution in [3.05, 3.63) is 48.0 Å². The Kier molecular flexibility index (Phi) is 14.2. The van der Waals surface area contributed by atoms with Crippen LogP contribution in [0.3, 0.4) is 0 Å². The molecule has 2 saturated heterocycles. The summed E-state index contributed by atoms with van der Waals surface area (Å²) in [6.07, 6.45) is 2.58. The van der Waals surface area contributed by atoms with Gasteiger partial charge in [-0.2, -0.15) is 5.10 Å². The highest BCUT2D eigenvalue weighted by Crippen LogP contribution is 2.50. The topological polar surface area (TPSA) is 194 Å². The van der Waals surface area contributed by atoms with Gasteiger partial charge in [0.1, 0.15) is 30.1 Å². The van der Waals surface area contributed by atoms with E-state index in [4.69, 9.17) is 4.74 Å². The van der Waals surface area contributed by atoms with Crippen LogP contribution in [0.4, 0.5) is 4.79 Å². The number of rotatable bonds is 13. The van der Waals surface area contributed by atoms with Crippen molar-refractivity contribution in [2.24, 2.45) is 12.5 Å². The Morgan fingerprint density at radius 2 is 1.65 bits per heavy atom. The molecule has 4 rings (SSSR count). The molecule has 15 nitrogen and oxygen atoms in total. The Bertz CT molecular complexity index is 1670. The monoisotopic (exact) mass is 786 g/mol. The van der Waals surface area contributed by atoms with E-state index in [0.29, 0.717) is 18.7 Å². The summed E-state index contributed by atoms with van der Waals surface area (Å²) in [5.41, 5.74) is -0.780. The lowest BCUT2D eigenvalue weighted by Crippen LogP contribution is -2.59. The fraction of sp³-hybridized carbons (Fsp3) is 0.622. The Morgan fingerprint density at radius 1 is 0.981 bits per heavy atom. The summed E-state index contributed by atoms with van der Waals surface area (Å²) in [5, 5.41) is 14.9. The number of aromatic nitrogens is 3. The third kappa shape index (κ3) is 11.2.